The molecule has 3 atom stereocenters. The van der Waals surface area contributed by atoms with E-state index in [-0.39, 0.29) is 204 Å². The summed E-state index contributed by atoms with van der Waals surface area (Å²) in [4.78, 5) is 7.55. The first kappa shape index (κ1) is 145. The summed E-state index contributed by atoms with van der Waals surface area (Å²) in [5.41, 5.74) is 3.60. The first-order valence-corrected chi connectivity index (χ1v) is 58.3. The van der Waals surface area contributed by atoms with Gasteiger partial charge in [-0.15, -0.1) is 0 Å². The molecule has 0 saturated heterocycles. The van der Waals surface area contributed by atoms with Crippen LogP contribution < -0.4 is 0 Å². The predicted molar refractivity (Wildman–Crippen MR) is 512 cm³/mol. The first-order valence-electron chi connectivity index (χ1n) is 39.7. The summed E-state index contributed by atoms with van der Waals surface area (Å²) in [6, 6.07) is 18.9. The Balaban J connectivity index is -0.000000112. The molecule has 0 spiro atoms. The van der Waals surface area contributed by atoms with E-state index in [1.54, 1.807) is 101 Å². The molecule has 2 aromatic heterocycles. The minimum absolute atomic E-state index is 0. The Morgan fingerprint density at radius 2 is 0.534 bits per heavy atom. The van der Waals surface area contributed by atoms with Crippen LogP contribution in [-0.2, 0) is 29.6 Å². The van der Waals surface area contributed by atoms with Crippen LogP contribution >= 0.6 is 63.9 Å². The fourth-order valence-electron chi connectivity index (χ4n) is 11.7. The number of nitrogens with zero attached hydrogens (tertiary/aromatic N) is 4. The Kier molecular flexibility index (Phi) is 90.1. The van der Waals surface area contributed by atoms with Crippen molar-refractivity contribution in [3.8, 4) is 33.4 Å². The van der Waals surface area contributed by atoms with Gasteiger partial charge in [0, 0.05) is 214 Å². The monoisotopic (exact) mass is 3220 g/mol. The summed E-state index contributed by atoms with van der Waals surface area (Å²) in [5, 5.41) is 32.4. The fraction of sp³-hybridized carbons (Fsp3) is 0.533. The van der Waals surface area contributed by atoms with Crippen LogP contribution in [0.3, 0.4) is 0 Å². The van der Waals surface area contributed by atoms with E-state index in [2.05, 4.69) is 136 Å². The van der Waals surface area contributed by atoms with Crippen LogP contribution in [0, 0.1) is 225 Å². The molecule has 0 bridgehead atoms. The van der Waals surface area contributed by atoms with Crippen molar-refractivity contribution in [1.82, 2.24) is 15.5 Å². The largest absolute Gasteiger partial charge is 0 e. The molecule has 660 valence electrons. The zero-order valence-electron chi connectivity index (χ0n) is 76.8. The molecule has 3 aliphatic rings. The van der Waals surface area contributed by atoms with Gasteiger partial charge in [-0.25, -0.2) is 9.97 Å². The molecule has 28 heteroatoms. The molecular formula is C90H146B3F9I3InN4O3U5. The van der Waals surface area contributed by atoms with E-state index >= 15 is 0 Å². The smallest absolute Gasteiger partial charge is 0 e. The molecule has 3 unspecified atom stereocenters. The van der Waals surface area contributed by atoms with Gasteiger partial charge in [0.2, 0.25) is 16.8 Å². The van der Waals surface area contributed by atoms with Crippen molar-refractivity contribution >= 4 is 104 Å². The van der Waals surface area contributed by atoms with Gasteiger partial charge in [0.05, 0.1) is 45.7 Å². The van der Waals surface area contributed by atoms with Gasteiger partial charge in [0.1, 0.15) is 32.8 Å². The third-order valence-electron chi connectivity index (χ3n) is 18.9. The number of imidazole rings is 2. The van der Waals surface area contributed by atoms with E-state index in [0.717, 1.165) is 90.4 Å². The van der Waals surface area contributed by atoms with Crippen molar-refractivity contribution in [2.75, 3.05) is 0 Å². The minimum atomic E-state index is -4.77. The van der Waals surface area contributed by atoms with Gasteiger partial charge in [-0.3, -0.25) is 5.56 Å². The third-order valence-corrected chi connectivity index (χ3v) is 20.0. The van der Waals surface area contributed by atoms with E-state index in [4.69, 9.17) is 0 Å². The molecule has 0 saturated carbocycles. The molecule has 0 fully saturated rings. The van der Waals surface area contributed by atoms with E-state index in [0.29, 0.717) is 62.9 Å². The Hall–Kier alpha value is 1.50. The summed E-state index contributed by atoms with van der Waals surface area (Å²) in [6.07, 6.45) is 1.56. The topological polar surface area (TPSA) is 96.3 Å². The van der Waals surface area contributed by atoms with Crippen LogP contribution in [0.4, 0.5) is 39.5 Å². The van der Waals surface area contributed by atoms with Gasteiger partial charge in [-0.1, -0.05) is 279 Å². The quantitative estimate of drug-likeness (QED) is 0.0906. The number of aliphatic hydroxyl groups is 3. The molecule has 0 amide bonds. The molecule has 8 aromatic rings. The molecule has 0 radical (unpaired) electrons. The summed E-state index contributed by atoms with van der Waals surface area (Å²) >= 11 is 7.54. The van der Waals surface area contributed by atoms with Crippen LogP contribution in [0.5, 0.6) is 0 Å². The molecule has 118 heavy (non-hydrogen) atoms. The van der Waals surface area contributed by atoms with Crippen LogP contribution in [0.1, 0.15) is 247 Å². The van der Waals surface area contributed by atoms with E-state index in [1.165, 1.54) is 43.2 Å². The van der Waals surface area contributed by atoms with E-state index < -0.39 is 35.3 Å². The average molecular weight is 3220 g/mol. The summed E-state index contributed by atoms with van der Waals surface area (Å²) in [6.45, 7) is 72.5. The number of alkyl halides is 9. The van der Waals surface area contributed by atoms with Gasteiger partial charge < -0.3 is 15.3 Å². The molecule has 3 N–H and O–H groups in total. The maximum Gasteiger partial charge on any atom is 0 e. The second kappa shape index (κ2) is 73.2. The van der Waals surface area contributed by atoms with E-state index in [9.17, 15) is 54.8 Å². The molecule has 7 nitrogen and oxygen atoms in total. The third kappa shape index (κ3) is 37.8. The van der Waals surface area contributed by atoms with Crippen molar-refractivity contribution in [2.45, 2.75) is 324 Å². The number of hydrogen-bond donors (Lipinski definition) is 3. The van der Waals surface area contributed by atoms with Crippen molar-refractivity contribution in [2.24, 2.45) is 0 Å². The summed E-state index contributed by atoms with van der Waals surface area (Å²) in [5.74, 6) is 0. The number of hydrogen-bond acceptors (Lipinski definition) is 5. The number of aromatic nitrogens is 4. The second-order valence-electron chi connectivity index (χ2n) is 25.6. The van der Waals surface area contributed by atoms with Crippen molar-refractivity contribution in [1.29, 1.82) is 0 Å². The van der Waals surface area contributed by atoms with Gasteiger partial charge in [-0.2, -0.15) is 39.5 Å². The van der Waals surface area contributed by atoms with Crippen molar-refractivity contribution < 1.29 is 210 Å². The molecule has 6 aromatic carbocycles. The van der Waals surface area contributed by atoms with Crippen LogP contribution in [0.2, 0.25) is 59.9 Å². The Morgan fingerprint density at radius 3 is 0.703 bits per heavy atom. The zero-order chi connectivity index (χ0) is 88.4. The van der Waals surface area contributed by atoms with Crippen molar-refractivity contribution in [3.63, 3.8) is 0 Å². The average Bonchev–Trinajstić information content (AvgIpc) is 1.55. The minimum Gasteiger partial charge on any atom is 0 e. The molecule has 11 rings (SSSR count). The predicted octanol–water partition coefficient (Wildman–Crippen LogP) is 30.5. The summed E-state index contributed by atoms with van der Waals surface area (Å²) in [7, 11) is 0. The van der Waals surface area contributed by atoms with Gasteiger partial charge in [0.15, 0.2) is 0 Å². The number of rotatable bonds is 5. The number of halogens is 12. The Morgan fingerprint density at radius 1 is 0.347 bits per heavy atom. The van der Waals surface area contributed by atoms with Crippen LogP contribution in [0.25, 0.3) is 33.4 Å². The maximum atomic E-state index is 13.9. The second-order valence-corrected chi connectivity index (χ2v) is 27.9. The fourth-order valence-corrected chi connectivity index (χ4v) is 12.3. The first-order chi connectivity index (χ1) is 52.0. The zero-order valence-corrected chi connectivity index (χ0v) is 110. The van der Waals surface area contributed by atoms with Crippen molar-refractivity contribution in [3.05, 3.63) is 210 Å². The van der Waals surface area contributed by atoms with E-state index in [1.807, 2.05) is 170 Å². The van der Waals surface area contributed by atoms with Gasteiger partial charge in [-0.05, 0) is 182 Å². The maximum absolute atomic E-state index is 13.9. The summed E-state index contributed by atoms with van der Waals surface area (Å²) < 4.78 is 129. The molecule has 0 aliphatic heterocycles. The molecule has 2 heterocycles. The standard InChI is InChI=1S/2C19H19F3O.C18H17F3O.3C4H11B.2C3H3IN2.7C2H6.2CH4.HI.In.5U.2H/c2*1-5-13-11(3)10(2)12(4)17-16(13)14-8-6-7-9-15(14)18(17,23)19(20,21)22;1-9-10(2)12(4)16-15(11(9)3)13-7-5-6-8-14(13)17(16,22)18(19,20)21;3*1-4-5(2)3;2*4-6-2-1-5-3-6;7*1-2;;;;;;;;;;;/h2*6-9,23H,5H2,1-4H3;5-8,22H,1-4H3;3*4H2,1-3H3;2*1-3H;7*1-2H3;2*1H4;1H;;;;;;;;/q;;;;;;;;;;;;;;;;;;+1;;;;;;;/p-1. The number of fused-ring (bicyclic) bond motifs is 9. The van der Waals surface area contributed by atoms with Crippen LogP contribution in [0.15, 0.2) is 110 Å². The molecule has 3 aliphatic carbocycles. The van der Waals surface area contributed by atoms with Gasteiger partial charge in [0.25, 0.3) is 0 Å². The normalized spacial score (nSPS) is 13.7. The molecular weight excluding hydrogens is 3070 g/mol. The Labute approximate surface area is 884 Å². The van der Waals surface area contributed by atoms with Gasteiger partial charge >= 0.3 is 56.9 Å². The Bertz CT molecular complexity index is 3730. The number of benzene rings is 6. The van der Waals surface area contributed by atoms with Crippen LogP contribution in [-0.4, -0.2) is 89.7 Å². The SMILES string of the molecule is C.C.CC.CC.CC.CC.CC.CC.CC.CCB(C)C.CCB(C)C.CCB(C)C.CCc1c(C)c(C)c(C)c2c1-c1ccccc1C2(O)C(F)(F)F.CCc1c(C)c(C)c(C)c2c1-c1ccccc1C2(O)C(F)(F)F.Cc1c(C)c(C)c2c(c1C)-c1ccccc1C2(O)C(F)(F)F.In1ccnc1.In1ccnc1.[InH2][I].[U].[U].[U].[U].[U].